The topological polar surface area (TPSA) is 42.0 Å². The first-order chi connectivity index (χ1) is 12.0. The summed E-state index contributed by atoms with van der Waals surface area (Å²) in [6.07, 6.45) is 0.665. The summed E-state index contributed by atoms with van der Waals surface area (Å²) in [5.74, 6) is 0.241. The molecule has 0 spiro atoms. The molecular formula is C20H30N2O3. The number of aryl methyl sites for hydroxylation is 2. The van der Waals surface area contributed by atoms with Gasteiger partial charge in [0.1, 0.15) is 0 Å². The van der Waals surface area contributed by atoms with E-state index in [-0.39, 0.29) is 12.0 Å². The van der Waals surface area contributed by atoms with Gasteiger partial charge in [0.25, 0.3) is 0 Å². The Bertz CT molecular complexity index is 599. The molecule has 3 rings (SSSR count). The Morgan fingerprint density at radius 1 is 1.24 bits per heavy atom. The molecule has 1 aromatic carbocycles. The summed E-state index contributed by atoms with van der Waals surface area (Å²) in [5, 5.41) is 0. The van der Waals surface area contributed by atoms with Gasteiger partial charge < -0.3 is 14.4 Å². The second kappa shape index (κ2) is 8.30. The van der Waals surface area contributed by atoms with Crippen LogP contribution < -0.4 is 0 Å². The van der Waals surface area contributed by atoms with E-state index in [2.05, 4.69) is 43.9 Å². The van der Waals surface area contributed by atoms with Crippen LogP contribution in [0.4, 0.5) is 0 Å². The van der Waals surface area contributed by atoms with Crippen LogP contribution in [-0.2, 0) is 14.3 Å². The number of benzene rings is 1. The second-order valence-electron chi connectivity index (χ2n) is 7.27. The van der Waals surface area contributed by atoms with E-state index in [1.807, 2.05) is 4.90 Å². The average molecular weight is 346 g/mol. The molecule has 0 aliphatic carbocycles. The van der Waals surface area contributed by atoms with E-state index in [0.717, 1.165) is 26.2 Å². The third-order valence-electron chi connectivity index (χ3n) is 5.32. The lowest BCUT2D eigenvalue weighted by molar-refractivity contribution is -0.136. The zero-order valence-electron chi connectivity index (χ0n) is 15.7. The molecule has 1 aromatic rings. The molecule has 2 aliphatic heterocycles. The molecule has 1 amide bonds. The van der Waals surface area contributed by atoms with Crippen molar-refractivity contribution >= 4 is 5.91 Å². The van der Waals surface area contributed by atoms with Crippen molar-refractivity contribution in [1.82, 2.24) is 9.80 Å². The molecular weight excluding hydrogens is 316 g/mol. The second-order valence-corrected chi connectivity index (χ2v) is 7.27. The van der Waals surface area contributed by atoms with Gasteiger partial charge in [-0.15, -0.1) is 0 Å². The van der Waals surface area contributed by atoms with Crippen LogP contribution in [0.15, 0.2) is 18.2 Å². The molecule has 25 heavy (non-hydrogen) atoms. The van der Waals surface area contributed by atoms with E-state index in [1.165, 1.54) is 16.7 Å². The maximum Gasteiger partial charge on any atom is 0.224 e. The summed E-state index contributed by atoms with van der Waals surface area (Å²) >= 11 is 0. The summed E-state index contributed by atoms with van der Waals surface area (Å²) in [6.45, 7) is 11.6. The molecule has 2 heterocycles. The van der Waals surface area contributed by atoms with Gasteiger partial charge in [-0.2, -0.15) is 0 Å². The molecule has 0 bridgehead atoms. The number of nitrogens with zero attached hydrogens (tertiary/aromatic N) is 2. The third-order valence-corrected chi connectivity index (χ3v) is 5.32. The fraction of sp³-hybridized carbons (Fsp3) is 0.650. The third kappa shape index (κ3) is 4.60. The molecule has 0 saturated carbocycles. The van der Waals surface area contributed by atoms with E-state index >= 15 is 0 Å². The monoisotopic (exact) mass is 346 g/mol. The fourth-order valence-electron chi connectivity index (χ4n) is 3.62. The smallest absolute Gasteiger partial charge is 0.224 e. The summed E-state index contributed by atoms with van der Waals surface area (Å²) in [7, 11) is 0. The van der Waals surface area contributed by atoms with Crippen LogP contribution in [0, 0.1) is 13.8 Å². The Kier molecular flexibility index (Phi) is 6.10. The van der Waals surface area contributed by atoms with E-state index < -0.39 is 0 Å². The van der Waals surface area contributed by atoms with Gasteiger partial charge in [0.05, 0.1) is 25.9 Å². The summed E-state index contributed by atoms with van der Waals surface area (Å²) in [4.78, 5) is 16.7. The molecule has 2 saturated heterocycles. The van der Waals surface area contributed by atoms with Crippen molar-refractivity contribution in [3.05, 3.63) is 34.9 Å². The van der Waals surface area contributed by atoms with Gasteiger partial charge in [0.2, 0.25) is 5.91 Å². The van der Waals surface area contributed by atoms with Gasteiger partial charge in [-0.3, -0.25) is 9.69 Å². The SMILES string of the molecule is Cc1ccc(C)c(C2CN(CCC(=O)N3CCOCC3)C(C)CO2)c1. The van der Waals surface area contributed by atoms with Gasteiger partial charge in [-0.25, -0.2) is 0 Å². The Morgan fingerprint density at radius 2 is 2.00 bits per heavy atom. The molecule has 2 unspecified atom stereocenters. The van der Waals surface area contributed by atoms with Crippen LogP contribution in [0.1, 0.15) is 36.1 Å². The van der Waals surface area contributed by atoms with Crippen molar-refractivity contribution < 1.29 is 14.3 Å². The van der Waals surface area contributed by atoms with Crippen molar-refractivity contribution in [2.24, 2.45) is 0 Å². The summed E-state index contributed by atoms with van der Waals surface area (Å²) in [6, 6.07) is 6.88. The molecule has 0 radical (unpaired) electrons. The first-order valence-corrected chi connectivity index (χ1v) is 9.33. The molecule has 2 fully saturated rings. The van der Waals surface area contributed by atoms with Crippen LogP contribution >= 0.6 is 0 Å². The predicted molar refractivity (Wildman–Crippen MR) is 97.7 cm³/mol. The fourth-order valence-corrected chi connectivity index (χ4v) is 3.62. The molecule has 0 N–H and O–H groups in total. The van der Waals surface area contributed by atoms with E-state index in [1.54, 1.807) is 0 Å². The highest BCUT2D eigenvalue weighted by Crippen LogP contribution is 2.28. The molecule has 5 nitrogen and oxygen atoms in total. The van der Waals surface area contributed by atoms with E-state index in [0.29, 0.717) is 32.3 Å². The first-order valence-electron chi connectivity index (χ1n) is 9.33. The Hall–Kier alpha value is -1.43. The van der Waals surface area contributed by atoms with Crippen molar-refractivity contribution in [2.45, 2.75) is 39.3 Å². The van der Waals surface area contributed by atoms with Crippen molar-refractivity contribution in [3.63, 3.8) is 0 Å². The molecule has 5 heteroatoms. The summed E-state index contributed by atoms with van der Waals surface area (Å²) in [5.41, 5.74) is 3.81. The van der Waals surface area contributed by atoms with Crippen molar-refractivity contribution in [3.8, 4) is 0 Å². The van der Waals surface area contributed by atoms with Gasteiger partial charge in [-0.05, 0) is 31.9 Å². The number of hydrogen-bond donors (Lipinski definition) is 0. The van der Waals surface area contributed by atoms with Crippen LogP contribution in [-0.4, -0.2) is 67.7 Å². The van der Waals surface area contributed by atoms with Crippen molar-refractivity contribution in [2.75, 3.05) is 46.0 Å². The number of rotatable bonds is 4. The summed E-state index contributed by atoms with van der Waals surface area (Å²) < 4.78 is 11.4. The van der Waals surface area contributed by atoms with Gasteiger partial charge >= 0.3 is 0 Å². The lowest BCUT2D eigenvalue weighted by Gasteiger charge is -2.39. The molecule has 2 aliphatic rings. The number of hydrogen-bond acceptors (Lipinski definition) is 4. The lowest BCUT2D eigenvalue weighted by Crippen LogP contribution is -2.47. The van der Waals surface area contributed by atoms with Crippen LogP contribution in [0.5, 0.6) is 0 Å². The number of carbonyl (C=O) groups excluding carboxylic acids is 1. The Labute approximate surface area is 150 Å². The number of carbonyl (C=O) groups is 1. The number of morpholine rings is 2. The van der Waals surface area contributed by atoms with Crippen LogP contribution in [0.3, 0.4) is 0 Å². The van der Waals surface area contributed by atoms with E-state index in [9.17, 15) is 4.79 Å². The predicted octanol–water partition coefficient (Wildman–Crippen LogP) is 2.31. The van der Waals surface area contributed by atoms with Gasteiger partial charge in [-0.1, -0.05) is 23.8 Å². The normalized spacial score (nSPS) is 25.2. The highest BCUT2D eigenvalue weighted by Gasteiger charge is 2.28. The average Bonchev–Trinajstić information content (AvgIpc) is 2.63. The minimum Gasteiger partial charge on any atom is -0.378 e. The van der Waals surface area contributed by atoms with E-state index in [4.69, 9.17) is 9.47 Å². The highest BCUT2D eigenvalue weighted by molar-refractivity contribution is 5.76. The minimum absolute atomic E-state index is 0.0922. The molecule has 138 valence electrons. The molecule has 0 aromatic heterocycles. The van der Waals surface area contributed by atoms with Gasteiger partial charge in [0, 0.05) is 38.6 Å². The largest absolute Gasteiger partial charge is 0.378 e. The quantitative estimate of drug-likeness (QED) is 0.839. The minimum atomic E-state index is 0.0922. The molecule has 2 atom stereocenters. The van der Waals surface area contributed by atoms with Gasteiger partial charge in [0.15, 0.2) is 0 Å². The van der Waals surface area contributed by atoms with Crippen LogP contribution in [0.2, 0.25) is 0 Å². The van der Waals surface area contributed by atoms with Crippen LogP contribution in [0.25, 0.3) is 0 Å². The highest BCUT2D eigenvalue weighted by atomic mass is 16.5. The standard InChI is InChI=1S/C20H30N2O3/c1-15-4-5-16(2)18(12-15)19-13-22(17(3)14-25-19)7-6-20(23)21-8-10-24-11-9-21/h4-5,12,17,19H,6-11,13-14H2,1-3H3. The zero-order chi connectivity index (χ0) is 17.8. The maximum absolute atomic E-state index is 12.4. The zero-order valence-corrected chi connectivity index (χ0v) is 15.7. The first kappa shape index (κ1) is 18.4. The Morgan fingerprint density at radius 3 is 2.76 bits per heavy atom. The van der Waals surface area contributed by atoms with Crippen molar-refractivity contribution in [1.29, 1.82) is 0 Å². The Balaban J connectivity index is 1.59. The lowest BCUT2D eigenvalue weighted by atomic mass is 9.98. The number of amides is 1. The maximum atomic E-state index is 12.4. The number of ether oxygens (including phenoxy) is 2.